The van der Waals surface area contributed by atoms with E-state index in [0.29, 0.717) is 0 Å². The fraction of sp³-hybridized carbons (Fsp3) is 0.312. The summed E-state index contributed by atoms with van der Waals surface area (Å²) in [6, 6.07) is 4.94. The zero-order chi connectivity index (χ0) is 15.3. The molecule has 3 aromatic rings. The first kappa shape index (κ1) is 13.1. The molecule has 4 rings (SSSR count). The second kappa shape index (κ2) is 4.69. The van der Waals surface area contributed by atoms with Gasteiger partial charge in [-0.2, -0.15) is 5.10 Å². The van der Waals surface area contributed by atoms with Gasteiger partial charge in [-0.25, -0.2) is 9.78 Å². The maximum absolute atomic E-state index is 11.1. The Balaban J connectivity index is 1.88. The monoisotopic (exact) mass is 296 g/mol. The molecule has 22 heavy (non-hydrogen) atoms. The van der Waals surface area contributed by atoms with Crippen LogP contribution in [0.2, 0.25) is 0 Å². The number of rotatable bonds is 2. The number of hydrogen-bond acceptors (Lipinski definition) is 3. The predicted octanol–water partition coefficient (Wildman–Crippen LogP) is 2.54. The van der Waals surface area contributed by atoms with E-state index in [1.165, 1.54) is 18.4 Å². The Hall–Kier alpha value is -2.63. The molecule has 0 amide bonds. The van der Waals surface area contributed by atoms with Crippen molar-refractivity contribution < 1.29 is 9.90 Å². The molecule has 0 aliphatic heterocycles. The third-order valence-corrected chi connectivity index (χ3v) is 4.27. The first-order chi connectivity index (χ1) is 10.6. The first-order valence-corrected chi connectivity index (χ1v) is 7.41. The molecule has 1 aromatic carbocycles. The van der Waals surface area contributed by atoms with E-state index in [1.807, 2.05) is 11.7 Å². The smallest absolute Gasteiger partial charge is 0.335 e. The number of carbonyl (C=O) groups is 1. The van der Waals surface area contributed by atoms with Crippen molar-refractivity contribution in [3.8, 4) is 11.5 Å². The van der Waals surface area contributed by atoms with E-state index in [1.54, 1.807) is 18.2 Å². The number of carboxylic acid groups (broad SMARTS) is 1. The van der Waals surface area contributed by atoms with Gasteiger partial charge in [-0.1, -0.05) is 0 Å². The van der Waals surface area contributed by atoms with Crippen LogP contribution in [0.3, 0.4) is 0 Å². The minimum atomic E-state index is -0.934. The third-order valence-electron chi connectivity index (χ3n) is 4.27. The number of fused-ring (bicyclic) bond motifs is 2. The number of carboxylic acids is 1. The molecular weight excluding hydrogens is 280 g/mol. The molecular formula is C16H16N4O2. The summed E-state index contributed by atoms with van der Waals surface area (Å²) in [6.07, 6.45) is 4.41. The number of aromatic carboxylic acids is 1. The van der Waals surface area contributed by atoms with Crippen LogP contribution in [0.25, 0.3) is 22.6 Å². The van der Waals surface area contributed by atoms with Gasteiger partial charge in [0, 0.05) is 12.6 Å². The van der Waals surface area contributed by atoms with Crippen LogP contribution < -0.4 is 0 Å². The SMILES string of the molecule is Cn1nc2c(c1-c1nc3ccc(C(=O)O)cc3[nH]1)CCCC2. The molecule has 0 atom stereocenters. The van der Waals surface area contributed by atoms with Crippen molar-refractivity contribution in [3.05, 3.63) is 35.0 Å². The van der Waals surface area contributed by atoms with E-state index in [-0.39, 0.29) is 5.56 Å². The molecule has 0 radical (unpaired) electrons. The quantitative estimate of drug-likeness (QED) is 0.761. The van der Waals surface area contributed by atoms with Crippen LogP contribution in [-0.2, 0) is 19.9 Å². The number of nitrogens with zero attached hydrogens (tertiary/aromatic N) is 3. The molecule has 0 saturated carbocycles. The second-order valence-corrected chi connectivity index (χ2v) is 5.73. The number of hydrogen-bond donors (Lipinski definition) is 2. The van der Waals surface area contributed by atoms with Crippen molar-refractivity contribution in [1.82, 2.24) is 19.7 Å². The van der Waals surface area contributed by atoms with E-state index < -0.39 is 5.97 Å². The van der Waals surface area contributed by atoms with Crippen molar-refractivity contribution in [1.29, 1.82) is 0 Å². The minimum Gasteiger partial charge on any atom is -0.478 e. The Labute approximate surface area is 126 Å². The zero-order valence-electron chi connectivity index (χ0n) is 12.3. The summed E-state index contributed by atoms with van der Waals surface area (Å²) in [4.78, 5) is 18.9. The van der Waals surface area contributed by atoms with Gasteiger partial charge in [0.1, 0.15) is 5.69 Å². The highest BCUT2D eigenvalue weighted by molar-refractivity contribution is 5.93. The van der Waals surface area contributed by atoms with Gasteiger partial charge in [0.15, 0.2) is 5.82 Å². The third kappa shape index (κ3) is 1.91. The topological polar surface area (TPSA) is 83.8 Å². The number of aromatic amines is 1. The molecule has 0 unspecified atom stereocenters. The summed E-state index contributed by atoms with van der Waals surface area (Å²) in [5, 5.41) is 13.7. The largest absolute Gasteiger partial charge is 0.478 e. The van der Waals surface area contributed by atoms with Crippen LogP contribution in [0.1, 0.15) is 34.5 Å². The number of benzene rings is 1. The van der Waals surface area contributed by atoms with Crippen molar-refractivity contribution in [2.24, 2.45) is 7.05 Å². The molecule has 0 saturated heterocycles. The number of H-pyrrole nitrogens is 1. The van der Waals surface area contributed by atoms with Crippen LogP contribution in [0.15, 0.2) is 18.2 Å². The minimum absolute atomic E-state index is 0.259. The predicted molar refractivity (Wildman–Crippen MR) is 81.9 cm³/mol. The van der Waals surface area contributed by atoms with Gasteiger partial charge in [0.25, 0.3) is 0 Å². The zero-order valence-corrected chi connectivity index (χ0v) is 12.3. The van der Waals surface area contributed by atoms with Gasteiger partial charge in [-0.15, -0.1) is 0 Å². The lowest BCUT2D eigenvalue weighted by atomic mass is 9.96. The maximum Gasteiger partial charge on any atom is 0.335 e. The summed E-state index contributed by atoms with van der Waals surface area (Å²) >= 11 is 0. The number of imidazole rings is 1. The van der Waals surface area contributed by atoms with Gasteiger partial charge < -0.3 is 10.1 Å². The Morgan fingerprint density at radius 1 is 1.32 bits per heavy atom. The highest BCUT2D eigenvalue weighted by Gasteiger charge is 2.22. The average Bonchev–Trinajstić information content (AvgIpc) is 3.05. The van der Waals surface area contributed by atoms with Crippen LogP contribution in [0.4, 0.5) is 0 Å². The summed E-state index contributed by atoms with van der Waals surface area (Å²) in [6.45, 7) is 0. The van der Waals surface area contributed by atoms with Crippen molar-refractivity contribution in [2.75, 3.05) is 0 Å². The van der Waals surface area contributed by atoms with E-state index >= 15 is 0 Å². The lowest BCUT2D eigenvalue weighted by molar-refractivity contribution is 0.0697. The van der Waals surface area contributed by atoms with Crippen molar-refractivity contribution in [2.45, 2.75) is 25.7 Å². The Bertz CT molecular complexity index is 891. The van der Waals surface area contributed by atoms with Gasteiger partial charge in [-0.3, -0.25) is 4.68 Å². The molecule has 1 aliphatic rings. The fourth-order valence-electron chi connectivity index (χ4n) is 3.23. The van der Waals surface area contributed by atoms with E-state index in [4.69, 9.17) is 5.11 Å². The van der Waals surface area contributed by atoms with Crippen LogP contribution in [-0.4, -0.2) is 30.8 Å². The van der Waals surface area contributed by atoms with Gasteiger partial charge in [0.05, 0.1) is 22.3 Å². The van der Waals surface area contributed by atoms with Gasteiger partial charge >= 0.3 is 5.97 Å². The lowest BCUT2D eigenvalue weighted by Crippen LogP contribution is -2.01. The highest BCUT2D eigenvalue weighted by atomic mass is 16.4. The van der Waals surface area contributed by atoms with E-state index in [0.717, 1.165) is 41.1 Å². The normalized spacial score (nSPS) is 14.2. The number of aryl methyl sites for hydroxylation is 2. The van der Waals surface area contributed by atoms with Crippen molar-refractivity contribution in [3.63, 3.8) is 0 Å². The van der Waals surface area contributed by atoms with Crippen LogP contribution in [0.5, 0.6) is 0 Å². The summed E-state index contributed by atoms with van der Waals surface area (Å²) in [5.74, 6) is -0.174. The molecule has 2 heterocycles. The van der Waals surface area contributed by atoms with Crippen LogP contribution in [0, 0.1) is 0 Å². The Morgan fingerprint density at radius 2 is 2.14 bits per heavy atom. The fourth-order valence-corrected chi connectivity index (χ4v) is 3.23. The van der Waals surface area contributed by atoms with E-state index in [2.05, 4.69) is 15.1 Å². The second-order valence-electron chi connectivity index (χ2n) is 5.73. The maximum atomic E-state index is 11.1. The molecule has 6 nitrogen and oxygen atoms in total. The lowest BCUT2D eigenvalue weighted by Gasteiger charge is -2.09. The van der Waals surface area contributed by atoms with Gasteiger partial charge in [0.2, 0.25) is 0 Å². The highest BCUT2D eigenvalue weighted by Crippen LogP contribution is 2.30. The standard InChI is InChI=1S/C16H16N4O2/c1-20-14(10-4-2-3-5-11(10)19-20)15-17-12-7-6-9(16(21)22)8-13(12)18-15/h6-8H,2-5H2,1H3,(H,17,18)(H,21,22). The summed E-state index contributed by atoms with van der Waals surface area (Å²) in [5.41, 5.74) is 5.21. The molecule has 6 heteroatoms. The molecule has 0 bridgehead atoms. The van der Waals surface area contributed by atoms with Crippen molar-refractivity contribution >= 4 is 17.0 Å². The molecule has 0 spiro atoms. The van der Waals surface area contributed by atoms with Crippen LogP contribution >= 0.6 is 0 Å². The molecule has 2 N–H and O–H groups in total. The summed E-state index contributed by atoms with van der Waals surface area (Å²) < 4.78 is 1.88. The number of nitrogens with one attached hydrogen (secondary N) is 1. The first-order valence-electron chi connectivity index (χ1n) is 7.41. The molecule has 1 aliphatic carbocycles. The molecule has 2 aromatic heterocycles. The number of aromatic nitrogens is 4. The Kier molecular flexibility index (Phi) is 2.79. The summed E-state index contributed by atoms with van der Waals surface area (Å²) in [7, 11) is 1.93. The Morgan fingerprint density at radius 3 is 2.95 bits per heavy atom. The molecule has 0 fully saturated rings. The average molecular weight is 296 g/mol. The van der Waals surface area contributed by atoms with Gasteiger partial charge in [-0.05, 0) is 43.9 Å². The van der Waals surface area contributed by atoms with E-state index in [9.17, 15) is 4.79 Å². The molecule has 112 valence electrons.